The number of rotatable bonds is 3. The Kier molecular flexibility index (Phi) is 4.40. The number of halogens is 1. The number of piperidine rings is 1. The van der Waals surface area contributed by atoms with Crippen LogP contribution in [-0.2, 0) is 4.74 Å². The highest BCUT2D eigenvalue weighted by Gasteiger charge is 2.20. The number of anilines is 1. The highest BCUT2D eigenvalue weighted by atomic mass is 35.5. The maximum atomic E-state index is 6.07. The smallest absolute Gasteiger partial charge is 0.135 e. The van der Waals surface area contributed by atoms with Gasteiger partial charge in [-0.2, -0.15) is 0 Å². The van der Waals surface area contributed by atoms with Crippen molar-refractivity contribution in [3.63, 3.8) is 0 Å². The van der Waals surface area contributed by atoms with Crippen LogP contribution in [0, 0.1) is 0 Å². The van der Waals surface area contributed by atoms with E-state index in [4.69, 9.17) is 16.3 Å². The van der Waals surface area contributed by atoms with E-state index in [1.54, 1.807) is 7.11 Å². The molecule has 0 radical (unpaired) electrons. The van der Waals surface area contributed by atoms with Gasteiger partial charge in [-0.25, -0.2) is 9.97 Å². The van der Waals surface area contributed by atoms with Crippen LogP contribution in [0.15, 0.2) is 6.07 Å². The zero-order valence-corrected chi connectivity index (χ0v) is 11.9. The zero-order valence-electron chi connectivity index (χ0n) is 11.2. The lowest BCUT2D eigenvalue weighted by atomic mass is 10.1. The van der Waals surface area contributed by atoms with E-state index >= 15 is 0 Å². The molecule has 1 fully saturated rings. The quantitative estimate of drug-likeness (QED) is 0.791. The van der Waals surface area contributed by atoms with Gasteiger partial charge in [-0.15, -0.1) is 0 Å². The van der Waals surface area contributed by atoms with E-state index in [9.17, 15) is 0 Å². The molecule has 0 aliphatic carbocycles. The van der Waals surface area contributed by atoms with E-state index in [1.807, 2.05) is 6.07 Å². The molecule has 0 unspecified atom stereocenters. The molecule has 5 heteroatoms. The average Bonchev–Trinajstić information content (AvgIpc) is 2.38. The molecule has 0 saturated carbocycles. The third-order valence-corrected chi connectivity index (χ3v) is 3.51. The van der Waals surface area contributed by atoms with Crippen LogP contribution in [0.2, 0.25) is 5.15 Å². The summed E-state index contributed by atoms with van der Waals surface area (Å²) < 4.78 is 5.38. The van der Waals surface area contributed by atoms with Gasteiger partial charge in [0.15, 0.2) is 0 Å². The number of hydrogen-bond acceptors (Lipinski definition) is 4. The van der Waals surface area contributed by atoms with Crippen molar-refractivity contribution in [3.05, 3.63) is 17.0 Å². The zero-order chi connectivity index (χ0) is 13.1. The Labute approximate surface area is 113 Å². The van der Waals surface area contributed by atoms with Crippen molar-refractivity contribution in [1.29, 1.82) is 0 Å². The minimum Gasteiger partial charge on any atom is -0.381 e. The highest BCUT2D eigenvalue weighted by molar-refractivity contribution is 6.29. The Balaban J connectivity index is 2.13. The number of aromatic nitrogens is 2. The van der Waals surface area contributed by atoms with Gasteiger partial charge in [0.05, 0.1) is 6.10 Å². The summed E-state index contributed by atoms with van der Waals surface area (Å²) in [7, 11) is 1.78. The van der Waals surface area contributed by atoms with Crippen molar-refractivity contribution in [3.8, 4) is 0 Å². The Hall–Kier alpha value is -0.870. The molecule has 0 atom stereocenters. The van der Waals surface area contributed by atoms with Gasteiger partial charge in [0.25, 0.3) is 0 Å². The van der Waals surface area contributed by atoms with Crippen LogP contribution >= 0.6 is 11.6 Å². The second kappa shape index (κ2) is 5.85. The molecule has 1 aliphatic rings. The van der Waals surface area contributed by atoms with Crippen molar-refractivity contribution in [2.45, 2.75) is 38.7 Å². The van der Waals surface area contributed by atoms with E-state index in [0.29, 0.717) is 17.2 Å². The number of nitrogens with zero attached hydrogens (tertiary/aromatic N) is 3. The normalized spacial score (nSPS) is 17.5. The predicted octanol–water partition coefficient (Wildman–Crippen LogP) is 2.87. The fourth-order valence-corrected chi connectivity index (χ4v) is 2.35. The molecule has 1 saturated heterocycles. The van der Waals surface area contributed by atoms with Crippen LogP contribution in [-0.4, -0.2) is 36.3 Å². The van der Waals surface area contributed by atoms with Crippen LogP contribution in [0.5, 0.6) is 0 Å². The first kappa shape index (κ1) is 13.6. The van der Waals surface area contributed by atoms with Crippen LogP contribution in [0.4, 0.5) is 5.82 Å². The van der Waals surface area contributed by atoms with Gasteiger partial charge in [0, 0.05) is 32.2 Å². The summed E-state index contributed by atoms with van der Waals surface area (Å²) in [4.78, 5) is 11.1. The van der Waals surface area contributed by atoms with Gasteiger partial charge in [0.1, 0.15) is 16.8 Å². The van der Waals surface area contributed by atoms with E-state index in [2.05, 4.69) is 28.7 Å². The molecule has 18 heavy (non-hydrogen) atoms. The number of hydrogen-bond donors (Lipinski definition) is 0. The average molecular weight is 270 g/mol. The maximum Gasteiger partial charge on any atom is 0.135 e. The minimum absolute atomic E-state index is 0.291. The summed E-state index contributed by atoms with van der Waals surface area (Å²) in [6, 6.07) is 1.85. The second-order valence-electron chi connectivity index (χ2n) is 4.98. The van der Waals surface area contributed by atoms with E-state index in [1.165, 1.54) is 0 Å². The molecule has 0 bridgehead atoms. The Morgan fingerprint density at radius 1 is 1.33 bits per heavy atom. The topological polar surface area (TPSA) is 38.2 Å². The SMILES string of the molecule is COC1CCN(c2cc(Cl)nc(C(C)C)n2)CC1. The first-order valence-electron chi connectivity index (χ1n) is 6.42. The lowest BCUT2D eigenvalue weighted by Gasteiger charge is -2.32. The molecule has 1 aromatic rings. The summed E-state index contributed by atoms with van der Waals surface area (Å²) in [6.45, 7) is 6.08. The van der Waals surface area contributed by atoms with Gasteiger partial charge in [-0.3, -0.25) is 0 Å². The molecular formula is C13H20ClN3O. The van der Waals surface area contributed by atoms with E-state index < -0.39 is 0 Å². The van der Waals surface area contributed by atoms with Crippen molar-refractivity contribution in [2.75, 3.05) is 25.1 Å². The molecular weight excluding hydrogens is 250 g/mol. The minimum atomic E-state index is 0.291. The Morgan fingerprint density at radius 2 is 2.00 bits per heavy atom. The predicted molar refractivity (Wildman–Crippen MR) is 73.4 cm³/mol. The second-order valence-corrected chi connectivity index (χ2v) is 5.37. The first-order valence-corrected chi connectivity index (χ1v) is 6.80. The van der Waals surface area contributed by atoms with E-state index in [0.717, 1.165) is 37.6 Å². The van der Waals surface area contributed by atoms with Crippen molar-refractivity contribution >= 4 is 17.4 Å². The molecule has 4 nitrogen and oxygen atoms in total. The fraction of sp³-hybridized carbons (Fsp3) is 0.692. The summed E-state index contributed by atoms with van der Waals surface area (Å²) in [5, 5.41) is 0.526. The number of methoxy groups -OCH3 is 1. The Morgan fingerprint density at radius 3 is 2.56 bits per heavy atom. The van der Waals surface area contributed by atoms with Crippen LogP contribution < -0.4 is 4.90 Å². The maximum absolute atomic E-state index is 6.07. The molecule has 2 heterocycles. The van der Waals surface area contributed by atoms with Gasteiger partial charge in [0.2, 0.25) is 0 Å². The first-order chi connectivity index (χ1) is 8.60. The Bertz CT molecular complexity index is 403. The summed E-state index contributed by atoms with van der Waals surface area (Å²) in [6.07, 6.45) is 2.45. The number of ether oxygens (including phenoxy) is 1. The van der Waals surface area contributed by atoms with Crippen LogP contribution in [0.3, 0.4) is 0 Å². The van der Waals surface area contributed by atoms with Gasteiger partial charge in [-0.1, -0.05) is 25.4 Å². The lowest BCUT2D eigenvalue weighted by Crippen LogP contribution is -2.37. The molecule has 0 amide bonds. The molecule has 100 valence electrons. The highest BCUT2D eigenvalue weighted by Crippen LogP contribution is 2.23. The molecule has 1 aromatic heterocycles. The largest absolute Gasteiger partial charge is 0.381 e. The van der Waals surface area contributed by atoms with Gasteiger partial charge >= 0.3 is 0 Å². The van der Waals surface area contributed by atoms with Gasteiger partial charge in [-0.05, 0) is 12.8 Å². The van der Waals surface area contributed by atoms with Crippen molar-refractivity contribution < 1.29 is 4.74 Å². The third kappa shape index (κ3) is 3.12. The summed E-state index contributed by atoms with van der Waals surface area (Å²) >= 11 is 6.07. The van der Waals surface area contributed by atoms with Crippen LogP contribution in [0.25, 0.3) is 0 Å². The lowest BCUT2D eigenvalue weighted by molar-refractivity contribution is 0.0818. The molecule has 0 aromatic carbocycles. The van der Waals surface area contributed by atoms with Crippen LogP contribution in [0.1, 0.15) is 38.4 Å². The monoisotopic (exact) mass is 269 g/mol. The molecule has 0 N–H and O–H groups in total. The summed E-state index contributed by atoms with van der Waals surface area (Å²) in [5.41, 5.74) is 0. The molecule has 0 spiro atoms. The summed E-state index contributed by atoms with van der Waals surface area (Å²) in [5.74, 6) is 2.04. The van der Waals surface area contributed by atoms with Crippen molar-refractivity contribution in [1.82, 2.24) is 9.97 Å². The van der Waals surface area contributed by atoms with Crippen molar-refractivity contribution in [2.24, 2.45) is 0 Å². The third-order valence-electron chi connectivity index (χ3n) is 3.31. The standard InChI is InChI=1S/C13H20ClN3O/c1-9(2)13-15-11(14)8-12(16-13)17-6-4-10(18-3)5-7-17/h8-10H,4-7H2,1-3H3. The molecule has 1 aliphatic heterocycles. The van der Waals surface area contributed by atoms with E-state index in [-0.39, 0.29) is 0 Å². The molecule has 2 rings (SSSR count). The fourth-order valence-electron chi connectivity index (χ4n) is 2.16. The van der Waals surface area contributed by atoms with Gasteiger partial charge < -0.3 is 9.64 Å².